The first-order chi connectivity index (χ1) is 11.1. The second kappa shape index (κ2) is 7.22. The van der Waals surface area contributed by atoms with Gasteiger partial charge in [0.15, 0.2) is 0 Å². The second-order valence-corrected chi connectivity index (χ2v) is 28.5. The summed E-state index contributed by atoms with van der Waals surface area (Å²) >= 11 is -2.11. The standard InChI is InChI=1S/C18H14S.3CH3.Pb/c1-4-10-16(11-5-1)19(17-12-6-2-7-13-17)18-14-8-3-9-15-18;;;;/h1-2,4-15H;3*1H3;/q+1;;;;. The third-order valence-electron chi connectivity index (χ3n) is 3.91. The molecule has 2 heteroatoms. The van der Waals surface area contributed by atoms with Gasteiger partial charge < -0.3 is 0 Å². The van der Waals surface area contributed by atoms with Crippen molar-refractivity contribution in [1.29, 1.82) is 0 Å². The second-order valence-electron chi connectivity index (χ2n) is 6.71. The van der Waals surface area contributed by atoms with Crippen LogP contribution in [0.15, 0.2) is 99.6 Å². The quantitative estimate of drug-likeness (QED) is 0.326. The van der Waals surface area contributed by atoms with Gasteiger partial charge in [0.2, 0.25) is 0 Å². The molecule has 0 aliphatic carbocycles. The van der Waals surface area contributed by atoms with E-state index in [1.807, 2.05) is 0 Å². The van der Waals surface area contributed by atoms with Crippen LogP contribution in [-0.4, -0.2) is 21.2 Å². The summed E-state index contributed by atoms with van der Waals surface area (Å²) in [5, 5.41) is 0. The normalized spacial score (nSPS) is 11.7. The number of hydrogen-bond acceptors (Lipinski definition) is 0. The first kappa shape index (κ1) is 16.8. The summed E-state index contributed by atoms with van der Waals surface area (Å²) in [6.45, 7) is 0. The van der Waals surface area contributed by atoms with Gasteiger partial charge in [0.25, 0.3) is 0 Å². The molecule has 0 atom stereocenters. The van der Waals surface area contributed by atoms with Crippen molar-refractivity contribution in [3.63, 3.8) is 0 Å². The summed E-state index contributed by atoms with van der Waals surface area (Å²) in [5.41, 5.74) is 0. The first-order valence-corrected chi connectivity index (χ1v) is 22.8. The van der Waals surface area contributed by atoms with Crippen molar-refractivity contribution in [2.24, 2.45) is 0 Å². The van der Waals surface area contributed by atoms with Crippen LogP contribution in [0.2, 0.25) is 13.4 Å². The van der Waals surface area contributed by atoms with E-state index < -0.39 is 21.2 Å². The van der Waals surface area contributed by atoms with E-state index in [-0.39, 0.29) is 10.9 Å². The molecule has 0 aliphatic heterocycles. The zero-order valence-electron chi connectivity index (χ0n) is 14.0. The van der Waals surface area contributed by atoms with Crippen LogP contribution in [0.4, 0.5) is 0 Å². The zero-order valence-corrected chi connectivity index (χ0v) is 18.7. The van der Waals surface area contributed by atoms with E-state index in [1.54, 1.807) is 3.12 Å². The maximum absolute atomic E-state index is 2.48. The van der Waals surface area contributed by atoms with Gasteiger partial charge in [-0.3, -0.25) is 0 Å². The van der Waals surface area contributed by atoms with Gasteiger partial charge in [-0.2, -0.15) is 0 Å². The third-order valence-corrected chi connectivity index (χ3v) is 14.2. The van der Waals surface area contributed by atoms with Gasteiger partial charge in [0, 0.05) is 0 Å². The van der Waals surface area contributed by atoms with Gasteiger partial charge in [-0.15, -0.1) is 0 Å². The van der Waals surface area contributed by atoms with Crippen molar-refractivity contribution in [1.82, 2.24) is 0 Å². The van der Waals surface area contributed by atoms with Gasteiger partial charge in [-0.1, -0.05) is 0 Å². The Kier molecular flexibility index (Phi) is 5.27. The van der Waals surface area contributed by atoms with Crippen LogP contribution in [-0.2, 0) is 10.9 Å². The van der Waals surface area contributed by atoms with Crippen molar-refractivity contribution >= 4 is 35.2 Å². The Morgan fingerprint density at radius 3 is 1.30 bits per heavy atom. The van der Waals surface area contributed by atoms with E-state index in [4.69, 9.17) is 0 Å². The average molecular weight is 515 g/mol. The molecule has 0 fully saturated rings. The summed E-state index contributed by atoms with van der Waals surface area (Å²) in [7, 11) is -0.0250. The molecule has 0 N–H and O–H groups in total. The van der Waals surface area contributed by atoms with Crippen LogP contribution in [0, 0.1) is 0 Å². The minimum absolute atomic E-state index is 0.0250. The fourth-order valence-corrected chi connectivity index (χ4v) is 9.23. The topological polar surface area (TPSA) is 0 Å². The fraction of sp³-hybridized carbons (Fsp3) is 0.143. The Hall–Kier alpha value is -1.07. The van der Waals surface area contributed by atoms with Crippen molar-refractivity contribution in [3.05, 3.63) is 84.9 Å². The van der Waals surface area contributed by atoms with E-state index in [2.05, 4.69) is 98.4 Å². The van der Waals surface area contributed by atoms with E-state index >= 15 is 0 Å². The number of rotatable bonds is 4. The Bertz CT molecular complexity index is 704. The SMILES string of the molecule is [CH3][Pb]([CH3])([CH3])[c]1ccc([S+](c2ccccc2)c2ccccc2)cc1. The molecule has 0 saturated carbocycles. The van der Waals surface area contributed by atoms with E-state index in [0.717, 1.165) is 0 Å². The average Bonchev–Trinajstić information content (AvgIpc) is 2.57. The van der Waals surface area contributed by atoms with E-state index in [0.29, 0.717) is 0 Å². The van der Waals surface area contributed by atoms with Gasteiger partial charge in [0.1, 0.15) is 0 Å². The summed E-state index contributed by atoms with van der Waals surface area (Å²) in [6.07, 6.45) is 0. The Labute approximate surface area is 147 Å². The van der Waals surface area contributed by atoms with Gasteiger partial charge in [-0.25, -0.2) is 0 Å². The molecule has 0 heterocycles. The minimum atomic E-state index is -2.11. The molecule has 0 saturated heterocycles. The molecule has 0 amide bonds. The zero-order chi connectivity index (χ0) is 16.3. The van der Waals surface area contributed by atoms with Crippen LogP contribution in [0.25, 0.3) is 0 Å². The van der Waals surface area contributed by atoms with Gasteiger partial charge in [0.05, 0.1) is 0 Å². The number of benzene rings is 3. The Morgan fingerprint density at radius 1 is 0.522 bits per heavy atom. The molecule has 0 spiro atoms. The van der Waals surface area contributed by atoms with Crippen molar-refractivity contribution in [3.8, 4) is 0 Å². The summed E-state index contributed by atoms with van der Waals surface area (Å²) in [6, 6.07) is 31.2. The van der Waals surface area contributed by atoms with Crippen molar-refractivity contribution in [2.75, 3.05) is 0 Å². The predicted molar refractivity (Wildman–Crippen MR) is 104 cm³/mol. The fourth-order valence-electron chi connectivity index (χ4n) is 2.61. The van der Waals surface area contributed by atoms with Gasteiger partial charge >= 0.3 is 148 Å². The van der Waals surface area contributed by atoms with Gasteiger partial charge in [-0.05, 0) is 0 Å². The van der Waals surface area contributed by atoms with Crippen molar-refractivity contribution in [2.45, 2.75) is 28.1 Å². The predicted octanol–water partition coefficient (Wildman–Crippen LogP) is 5.33. The van der Waals surface area contributed by atoms with Crippen LogP contribution < -0.4 is 3.12 Å². The van der Waals surface area contributed by atoms with Crippen LogP contribution in [0.1, 0.15) is 0 Å². The first-order valence-electron chi connectivity index (χ1n) is 8.01. The number of hydrogen-bond donors (Lipinski definition) is 0. The molecule has 0 aliphatic rings. The van der Waals surface area contributed by atoms with E-state index in [9.17, 15) is 0 Å². The molecule has 0 radical (unpaired) electrons. The summed E-state index contributed by atoms with van der Waals surface area (Å²) in [4.78, 5) is 4.17. The Balaban J connectivity index is 2.06. The Morgan fingerprint density at radius 2 is 0.913 bits per heavy atom. The molecule has 0 aromatic heterocycles. The van der Waals surface area contributed by atoms with Crippen LogP contribution in [0.5, 0.6) is 0 Å². The molecule has 0 unspecified atom stereocenters. The molecule has 3 rings (SSSR count). The van der Waals surface area contributed by atoms with Crippen molar-refractivity contribution < 1.29 is 0 Å². The molecular weight excluding hydrogens is 491 g/mol. The molecule has 3 aromatic rings. The molecule has 0 bridgehead atoms. The molecule has 116 valence electrons. The molecule has 23 heavy (non-hydrogen) atoms. The van der Waals surface area contributed by atoms with E-state index in [1.165, 1.54) is 14.7 Å². The summed E-state index contributed by atoms with van der Waals surface area (Å²) < 4.78 is 9.05. The van der Waals surface area contributed by atoms with Crippen LogP contribution >= 0.6 is 0 Å². The monoisotopic (exact) mass is 515 g/mol. The van der Waals surface area contributed by atoms with Crippen LogP contribution in [0.3, 0.4) is 0 Å². The maximum atomic E-state index is 2.48. The third kappa shape index (κ3) is 4.07. The molecule has 0 nitrogen and oxygen atoms in total. The summed E-state index contributed by atoms with van der Waals surface area (Å²) in [5.74, 6) is 0. The molecule has 3 aromatic carbocycles. The molecular formula is C21H23PbS+.